The second-order valence-corrected chi connectivity index (χ2v) is 5.38. The van der Waals surface area contributed by atoms with Crippen molar-refractivity contribution < 1.29 is 26.3 Å². The van der Waals surface area contributed by atoms with Crippen LogP contribution >= 0.6 is 0 Å². The summed E-state index contributed by atoms with van der Waals surface area (Å²) in [5.74, 6) is -0.856. The normalized spacial score (nSPS) is 12.5. The number of halogens is 6. The van der Waals surface area contributed by atoms with Crippen LogP contribution in [-0.4, -0.2) is 22.1 Å². The Labute approximate surface area is 151 Å². The Morgan fingerprint density at radius 2 is 2.00 bits per heavy atom. The van der Waals surface area contributed by atoms with E-state index < -0.39 is 24.1 Å². The van der Waals surface area contributed by atoms with Gasteiger partial charge in [0.05, 0.1) is 18.7 Å². The van der Waals surface area contributed by atoms with Crippen LogP contribution in [0.15, 0.2) is 35.6 Å². The summed E-state index contributed by atoms with van der Waals surface area (Å²) < 4.78 is 78.5. The van der Waals surface area contributed by atoms with Crippen LogP contribution < -0.4 is 10.6 Å². The van der Waals surface area contributed by atoms with Crippen molar-refractivity contribution in [3.63, 3.8) is 0 Å². The van der Waals surface area contributed by atoms with Gasteiger partial charge in [0.1, 0.15) is 11.6 Å². The Morgan fingerprint density at radius 3 is 2.63 bits per heavy atom. The second-order valence-electron chi connectivity index (χ2n) is 5.38. The highest BCUT2D eigenvalue weighted by Gasteiger charge is 2.33. The van der Waals surface area contributed by atoms with Gasteiger partial charge in [-0.2, -0.15) is 22.0 Å². The predicted molar refractivity (Wildman–Crippen MR) is 86.5 cm³/mol. The lowest BCUT2D eigenvalue weighted by atomic mass is 10.1. The molecule has 2 aromatic rings. The molecule has 0 unspecified atom stereocenters. The highest BCUT2D eigenvalue weighted by molar-refractivity contribution is 5.79. The molecule has 1 heterocycles. The van der Waals surface area contributed by atoms with Gasteiger partial charge in [-0.15, -0.1) is 0 Å². The Kier molecular flexibility index (Phi) is 6.70. The van der Waals surface area contributed by atoms with E-state index >= 15 is 0 Å². The molecule has 0 fully saturated rings. The monoisotopic (exact) mass is 393 g/mol. The van der Waals surface area contributed by atoms with Crippen LogP contribution in [0.4, 0.5) is 26.3 Å². The van der Waals surface area contributed by atoms with Crippen molar-refractivity contribution in [2.45, 2.75) is 32.7 Å². The minimum Gasteiger partial charge on any atom is -0.357 e. The van der Waals surface area contributed by atoms with E-state index in [9.17, 15) is 26.3 Å². The summed E-state index contributed by atoms with van der Waals surface area (Å²) in [6.45, 7) is -1.13. The highest BCUT2D eigenvalue weighted by Crippen LogP contribution is 2.32. The van der Waals surface area contributed by atoms with E-state index in [-0.39, 0.29) is 30.4 Å². The van der Waals surface area contributed by atoms with Gasteiger partial charge in [-0.25, -0.2) is 14.4 Å². The maximum atomic E-state index is 13.1. The van der Waals surface area contributed by atoms with Gasteiger partial charge in [0.15, 0.2) is 5.96 Å². The number of imidazole rings is 1. The fourth-order valence-electron chi connectivity index (χ4n) is 2.28. The number of guanidine groups is 1. The van der Waals surface area contributed by atoms with Crippen LogP contribution in [0, 0.1) is 5.82 Å². The standard InChI is InChI=1S/C16H17F6N5/c1-2-23-15(26-9-13-24-5-6-27(13)14(18)19)25-8-10-3-4-11(17)7-12(10)16(20,21)22/h3-7,14H,2,8-9H2,1H3,(H2,23,25,26). The molecule has 0 spiro atoms. The average molecular weight is 393 g/mol. The summed E-state index contributed by atoms with van der Waals surface area (Å²) in [5, 5.41) is 5.52. The fourth-order valence-corrected chi connectivity index (χ4v) is 2.28. The van der Waals surface area contributed by atoms with Crippen LogP contribution in [0.3, 0.4) is 0 Å². The van der Waals surface area contributed by atoms with Gasteiger partial charge in [-0.05, 0) is 24.6 Å². The van der Waals surface area contributed by atoms with Gasteiger partial charge in [0, 0.05) is 18.9 Å². The molecule has 148 valence electrons. The lowest BCUT2D eigenvalue weighted by Crippen LogP contribution is -2.37. The maximum absolute atomic E-state index is 13.1. The van der Waals surface area contributed by atoms with Crippen molar-refractivity contribution in [3.05, 3.63) is 53.4 Å². The lowest BCUT2D eigenvalue weighted by molar-refractivity contribution is -0.138. The minimum atomic E-state index is -4.72. The van der Waals surface area contributed by atoms with Crippen molar-refractivity contribution in [2.24, 2.45) is 4.99 Å². The van der Waals surface area contributed by atoms with Crippen molar-refractivity contribution in [3.8, 4) is 0 Å². The maximum Gasteiger partial charge on any atom is 0.416 e. The van der Waals surface area contributed by atoms with Gasteiger partial charge in [0.25, 0.3) is 0 Å². The fraction of sp³-hybridized carbons (Fsp3) is 0.375. The summed E-state index contributed by atoms with van der Waals surface area (Å²) in [7, 11) is 0. The molecule has 0 aliphatic rings. The van der Waals surface area contributed by atoms with E-state index in [0.29, 0.717) is 17.2 Å². The summed E-state index contributed by atoms with van der Waals surface area (Å²) in [6.07, 6.45) is -2.40. The first kappa shape index (κ1) is 20.6. The third-order valence-electron chi connectivity index (χ3n) is 3.50. The number of benzene rings is 1. The molecule has 0 saturated carbocycles. The molecule has 27 heavy (non-hydrogen) atoms. The van der Waals surface area contributed by atoms with Gasteiger partial charge in [-0.1, -0.05) is 6.07 Å². The molecule has 0 bridgehead atoms. The van der Waals surface area contributed by atoms with Crippen LogP contribution in [0.2, 0.25) is 0 Å². The summed E-state index contributed by atoms with van der Waals surface area (Å²) in [5.41, 5.74) is -1.33. The van der Waals surface area contributed by atoms with Crippen LogP contribution in [0.5, 0.6) is 0 Å². The molecular formula is C16H17F6N5. The molecule has 5 nitrogen and oxygen atoms in total. The molecule has 2 rings (SSSR count). The number of hydrogen-bond acceptors (Lipinski definition) is 2. The van der Waals surface area contributed by atoms with E-state index in [1.165, 1.54) is 6.20 Å². The Hall–Kier alpha value is -2.72. The molecule has 2 N–H and O–H groups in total. The van der Waals surface area contributed by atoms with Gasteiger partial charge in [0.2, 0.25) is 0 Å². The molecule has 1 aromatic heterocycles. The molecule has 0 aliphatic carbocycles. The zero-order valence-corrected chi connectivity index (χ0v) is 14.2. The van der Waals surface area contributed by atoms with Crippen molar-refractivity contribution >= 4 is 5.96 Å². The summed E-state index contributed by atoms with van der Waals surface area (Å²) in [4.78, 5) is 7.80. The number of aromatic nitrogens is 2. The van der Waals surface area contributed by atoms with Crippen molar-refractivity contribution in [1.29, 1.82) is 0 Å². The molecule has 11 heteroatoms. The van der Waals surface area contributed by atoms with Gasteiger partial charge in [-0.3, -0.25) is 4.57 Å². The van der Waals surface area contributed by atoms with Crippen molar-refractivity contribution in [2.75, 3.05) is 6.54 Å². The third-order valence-corrected chi connectivity index (χ3v) is 3.50. The molecular weight excluding hydrogens is 376 g/mol. The molecule has 0 radical (unpaired) electrons. The van der Waals surface area contributed by atoms with E-state index in [4.69, 9.17) is 0 Å². The molecule has 1 aromatic carbocycles. The second kappa shape index (κ2) is 8.78. The number of rotatable bonds is 6. The van der Waals surface area contributed by atoms with E-state index in [2.05, 4.69) is 20.6 Å². The van der Waals surface area contributed by atoms with Gasteiger partial charge >= 0.3 is 12.7 Å². The van der Waals surface area contributed by atoms with Crippen LogP contribution in [0.25, 0.3) is 0 Å². The predicted octanol–water partition coefficient (Wildman–Crippen LogP) is 3.69. The number of hydrogen-bond donors (Lipinski definition) is 2. The minimum absolute atomic E-state index is 0.0355. The lowest BCUT2D eigenvalue weighted by Gasteiger charge is -2.14. The highest BCUT2D eigenvalue weighted by atomic mass is 19.4. The van der Waals surface area contributed by atoms with Crippen LogP contribution in [0.1, 0.15) is 30.4 Å². The number of nitrogens with zero attached hydrogens (tertiary/aromatic N) is 3. The molecule has 0 saturated heterocycles. The molecule has 0 aliphatic heterocycles. The SMILES string of the molecule is CCNC(=NCc1ccc(F)cc1C(F)(F)F)NCc1nccn1C(F)F. The quantitative estimate of drug-likeness (QED) is 0.447. The Morgan fingerprint density at radius 1 is 1.26 bits per heavy atom. The smallest absolute Gasteiger partial charge is 0.357 e. The Bertz CT molecular complexity index is 784. The first-order chi connectivity index (χ1) is 12.7. The zero-order chi connectivity index (χ0) is 20.0. The first-order valence-corrected chi connectivity index (χ1v) is 7.90. The third kappa shape index (κ3) is 5.63. The number of aliphatic imine (C=N–C) groups is 1. The van der Waals surface area contributed by atoms with Gasteiger partial charge < -0.3 is 10.6 Å². The number of nitrogens with one attached hydrogen (secondary N) is 2. The first-order valence-electron chi connectivity index (χ1n) is 7.90. The zero-order valence-electron chi connectivity index (χ0n) is 14.2. The molecule has 0 atom stereocenters. The van der Waals surface area contributed by atoms with Crippen molar-refractivity contribution in [1.82, 2.24) is 20.2 Å². The van der Waals surface area contributed by atoms with E-state index in [0.717, 1.165) is 18.3 Å². The van der Waals surface area contributed by atoms with E-state index in [1.54, 1.807) is 6.92 Å². The molecule has 0 amide bonds. The van der Waals surface area contributed by atoms with Crippen LogP contribution in [-0.2, 0) is 19.3 Å². The Balaban J connectivity index is 2.15. The average Bonchev–Trinajstić information content (AvgIpc) is 3.06. The van der Waals surface area contributed by atoms with E-state index in [1.807, 2.05) is 0 Å². The number of alkyl halides is 5. The summed E-state index contributed by atoms with van der Waals surface area (Å²) >= 11 is 0. The topological polar surface area (TPSA) is 54.2 Å². The summed E-state index contributed by atoms with van der Waals surface area (Å²) in [6, 6.07) is 2.33. The largest absolute Gasteiger partial charge is 0.416 e.